The van der Waals surface area contributed by atoms with Gasteiger partial charge < -0.3 is 15.0 Å². The van der Waals surface area contributed by atoms with Crippen LogP contribution in [0, 0.1) is 12.8 Å². The molecule has 148 valence electrons. The van der Waals surface area contributed by atoms with Crippen molar-refractivity contribution in [2.24, 2.45) is 5.92 Å². The van der Waals surface area contributed by atoms with Crippen molar-refractivity contribution in [1.82, 2.24) is 4.90 Å². The van der Waals surface area contributed by atoms with E-state index in [1.54, 1.807) is 19.1 Å². The molecule has 0 aromatic heterocycles. The van der Waals surface area contributed by atoms with Gasteiger partial charge in [-0.05, 0) is 56.4 Å². The first-order chi connectivity index (χ1) is 13.5. The fraction of sp³-hybridized carbons (Fsp3) is 0.391. The van der Waals surface area contributed by atoms with Crippen molar-refractivity contribution in [3.63, 3.8) is 0 Å². The molecule has 1 heterocycles. The number of amides is 2. The van der Waals surface area contributed by atoms with Crippen molar-refractivity contribution in [2.45, 2.75) is 39.7 Å². The molecule has 2 amide bonds. The van der Waals surface area contributed by atoms with E-state index < -0.39 is 6.10 Å². The molecule has 0 radical (unpaired) electrons. The second-order valence-corrected chi connectivity index (χ2v) is 7.54. The summed E-state index contributed by atoms with van der Waals surface area (Å²) in [6.07, 6.45) is 1.35. The molecular weight excluding hydrogens is 352 g/mol. The highest BCUT2D eigenvalue weighted by Crippen LogP contribution is 2.23. The summed E-state index contributed by atoms with van der Waals surface area (Å²) < 4.78 is 5.80. The number of piperidine rings is 1. The minimum Gasteiger partial charge on any atom is -0.481 e. The van der Waals surface area contributed by atoms with Gasteiger partial charge in [0.15, 0.2) is 6.10 Å². The van der Waals surface area contributed by atoms with Gasteiger partial charge in [0.25, 0.3) is 11.8 Å². The average Bonchev–Trinajstić information content (AvgIpc) is 2.70. The Balaban J connectivity index is 1.69. The molecule has 3 rings (SSSR count). The molecule has 1 aliphatic heterocycles. The molecule has 0 aliphatic carbocycles. The number of hydrogen-bond acceptors (Lipinski definition) is 3. The maximum Gasteiger partial charge on any atom is 0.265 e. The summed E-state index contributed by atoms with van der Waals surface area (Å²) in [5.41, 5.74) is 2.02. The van der Waals surface area contributed by atoms with E-state index in [9.17, 15) is 9.59 Å². The fourth-order valence-corrected chi connectivity index (χ4v) is 3.33. The van der Waals surface area contributed by atoms with Crippen molar-refractivity contribution in [3.05, 3.63) is 59.7 Å². The lowest BCUT2D eigenvalue weighted by Crippen LogP contribution is -2.38. The number of nitrogens with zero attached hydrogens (tertiary/aromatic N) is 1. The van der Waals surface area contributed by atoms with Gasteiger partial charge in [0, 0.05) is 13.1 Å². The molecule has 2 aromatic carbocycles. The number of carbonyl (C=O) groups excluding carboxylic acids is 2. The van der Waals surface area contributed by atoms with E-state index in [2.05, 4.69) is 12.2 Å². The van der Waals surface area contributed by atoms with E-state index in [1.807, 2.05) is 48.2 Å². The number of rotatable bonds is 5. The van der Waals surface area contributed by atoms with Crippen LogP contribution in [0.2, 0.25) is 0 Å². The smallest absolute Gasteiger partial charge is 0.265 e. The monoisotopic (exact) mass is 380 g/mol. The second-order valence-electron chi connectivity index (χ2n) is 7.54. The van der Waals surface area contributed by atoms with Crippen LogP contribution in [0.25, 0.3) is 0 Å². The number of ether oxygens (including phenoxy) is 1. The van der Waals surface area contributed by atoms with Gasteiger partial charge in [-0.15, -0.1) is 0 Å². The Bertz CT molecular complexity index is 841. The summed E-state index contributed by atoms with van der Waals surface area (Å²) in [7, 11) is 0. The predicted molar refractivity (Wildman–Crippen MR) is 111 cm³/mol. The van der Waals surface area contributed by atoms with Crippen LogP contribution < -0.4 is 10.1 Å². The van der Waals surface area contributed by atoms with Crippen molar-refractivity contribution in [1.29, 1.82) is 0 Å². The minimum atomic E-state index is -0.680. The second kappa shape index (κ2) is 8.91. The molecule has 1 saturated heterocycles. The third kappa shape index (κ3) is 4.71. The van der Waals surface area contributed by atoms with Crippen molar-refractivity contribution >= 4 is 17.5 Å². The Morgan fingerprint density at radius 2 is 1.71 bits per heavy atom. The van der Waals surface area contributed by atoms with Crippen LogP contribution in [-0.2, 0) is 4.79 Å². The summed E-state index contributed by atoms with van der Waals surface area (Å²) in [5.74, 6) is 1.02. The Labute approximate surface area is 166 Å². The van der Waals surface area contributed by atoms with Gasteiger partial charge in [0.1, 0.15) is 5.75 Å². The zero-order valence-corrected chi connectivity index (χ0v) is 16.8. The summed E-state index contributed by atoms with van der Waals surface area (Å²) in [4.78, 5) is 27.5. The highest BCUT2D eigenvalue weighted by atomic mass is 16.5. The molecule has 5 nitrogen and oxygen atoms in total. The Hall–Kier alpha value is -2.82. The summed E-state index contributed by atoms with van der Waals surface area (Å²) in [6.45, 7) is 7.38. The Kier molecular flexibility index (Phi) is 6.34. The first-order valence-corrected chi connectivity index (χ1v) is 9.87. The quantitative estimate of drug-likeness (QED) is 0.843. The number of hydrogen-bond donors (Lipinski definition) is 1. The third-order valence-corrected chi connectivity index (χ3v) is 5.25. The summed E-state index contributed by atoms with van der Waals surface area (Å²) >= 11 is 0. The minimum absolute atomic E-state index is 0.0322. The first kappa shape index (κ1) is 19.9. The van der Waals surface area contributed by atoms with Gasteiger partial charge >= 0.3 is 0 Å². The van der Waals surface area contributed by atoms with E-state index in [-0.39, 0.29) is 11.8 Å². The zero-order chi connectivity index (χ0) is 20.1. The van der Waals surface area contributed by atoms with Crippen molar-refractivity contribution in [3.8, 4) is 5.75 Å². The molecule has 0 bridgehead atoms. The van der Waals surface area contributed by atoms with Gasteiger partial charge in [-0.3, -0.25) is 9.59 Å². The fourth-order valence-electron chi connectivity index (χ4n) is 3.33. The molecule has 1 atom stereocenters. The van der Waals surface area contributed by atoms with Gasteiger partial charge in [0.05, 0.1) is 11.3 Å². The largest absolute Gasteiger partial charge is 0.481 e. The summed E-state index contributed by atoms with van der Waals surface area (Å²) in [5, 5.41) is 2.87. The highest BCUT2D eigenvalue weighted by molar-refractivity contribution is 6.04. The molecule has 2 aromatic rings. The maximum atomic E-state index is 13.0. The topological polar surface area (TPSA) is 58.6 Å². The number of benzene rings is 2. The molecular formula is C23H28N2O3. The van der Waals surface area contributed by atoms with Crippen LogP contribution in [-0.4, -0.2) is 35.9 Å². The number of para-hydroxylation sites is 2. The standard InChI is InChI=1S/C23H28N2O3/c1-16-12-14-25(15-13-16)23(27)19-9-5-6-10-20(19)24-22(26)18(3)28-21-11-7-4-8-17(21)2/h4-11,16,18H,12-15H2,1-3H3,(H,24,26). The third-order valence-electron chi connectivity index (χ3n) is 5.25. The lowest BCUT2D eigenvalue weighted by Gasteiger charge is -2.31. The van der Waals surface area contributed by atoms with E-state index in [0.29, 0.717) is 22.9 Å². The Morgan fingerprint density at radius 3 is 2.43 bits per heavy atom. The van der Waals surface area contributed by atoms with Crippen LogP contribution in [0.15, 0.2) is 48.5 Å². The van der Waals surface area contributed by atoms with Gasteiger partial charge in [-0.1, -0.05) is 37.3 Å². The van der Waals surface area contributed by atoms with Crippen LogP contribution in [0.1, 0.15) is 42.6 Å². The number of aryl methyl sites for hydroxylation is 1. The lowest BCUT2D eigenvalue weighted by molar-refractivity contribution is -0.122. The van der Waals surface area contributed by atoms with Crippen LogP contribution >= 0.6 is 0 Å². The van der Waals surface area contributed by atoms with Crippen molar-refractivity contribution in [2.75, 3.05) is 18.4 Å². The van der Waals surface area contributed by atoms with Gasteiger partial charge in [-0.2, -0.15) is 0 Å². The highest BCUT2D eigenvalue weighted by Gasteiger charge is 2.24. The van der Waals surface area contributed by atoms with Crippen molar-refractivity contribution < 1.29 is 14.3 Å². The molecule has 28 heavy (non-hydrogen) atoms. The van der Waals surface area contributed by atoms with Crippen LogP contribution in [0.4, 0.5) is 5.69 Å². The molecule has 1 aliphatic rings. The molecule has 0 spiro atoms. The van der Waals surface area contributed by atoms with E-state index in [1.165, 1.54) is 0 Å². The normalized spacial score (nSPS) is 15.8. The molecule has 0 saturated carbocycles. The van der Waals surface area contributed by atoms with E-state index >= 15 is 0 Å². The van der Waals surface area contributed by atoms with Crippen LogP contribution in [0.5, 0.6) is 5.75 Å². The molecule has 5 heteroatoms. The Morgan fingerprint density at radius 1 is 1.07 bits per heavy atom. The molecule has 1 unspecified atom stereocenters. The van der Waals surface area contributed by atoms with Gasteiger partial charge in [-0.25, -0.2) is 0 Å². The average molecular weight is 380 g/mol. The maximum absolute atomic E-state index is 13.0. The zero-order valence-electron chi connectivity index (χ0n) is 16.8. The number of likely N-dealkylation sites (tertiary alicyclic amines) is 1. The summed E-state index contributed by atoms with van der Waals surface area (Å²) in [6, 6.07) is 14.7. The number of carbonyl (C=O) groups is 2. The van der Waals surface area contributed by atoms with E-state index in [4.69, 9.17) is 4.74 Å². The van der Waals surface area contributed by atoms with Crippen LogP contribution in [0.3, 0.4) is 0 Å². The SMILES string of the molecule is Cc1ccccc1OC(C)C(=O)Nc1ccccc1C(=O)N1CCC(C)CC1. The van der Waals surface area contributed by atoms with Gasteiger partial charge in [0.2, 0.25) is 0 Å². The van der Waals surface area contributed by atoms with E-state index in [0.717, 1.165) is 31.5 Å². The molecule has 1 fully saturated rings. The lowest BCUT2D eigenvalue weighted by atomic mass is 9.98. The predicted octanol–water partition coefficient (Wildman–Crippen LogP) is 4.27. The first-order valence-electron chi connectivity index (χ1n) is 9.87. The number of anilines is 1. The number of nitrogens with one attached hydrogen (secondary N) is 1. The molecule has 1 N–H and O–H groups in total.